The van der Waals surface area contributed by atoms with Crippen molar-refractivity contribution in [1.29, 1.82) is 0 Å². The van der Waals surface area contributed by atoms with Gasteiger partial charge in [0.25, 0.3) is 0 Å². The molecule has 0 radical (unpaired) electrons. The number of carboxylic acid groups (broad SMARTS) is 1. The number of rotatable bonds is 5. The maximum Gasteiger partial charge on any atom is 0.324 e. The van der Waals surface area contributed by atoms with E-state index in [1.165, 1.54) is 0 Å². The second-order valence-corrected chi connectivity index (χ2v) is 4.51. The summed E-state index contributed by atoms with van der Waals surface area (Å²) in [4.78, 5) is 23.0. The highest BCUT2D eigenvalue weighted by molar-refractivity contribution is 6.00. The van der Waals surface area contributed by atoms with Crippen LogP contribution >= 0.6 is 0 Å². The van der Waals surface area contributed by atoms with Crippen molar-refractivity contribution in [3.8, 4) is 11.1 Å². The summed E-state index contributed by atoms with van der Waals surface area (Å²) in [6.45, 7) is 1.81. The molecule has 2 rings (SSSR count). The second kappa shape index (κ2) is 6.70. The Morgan fingerprint density at radius 1 is 1.00 bits per heavy atom. The molecule has 0 bridgehead atoms. The van der Waals surface area contributed by atoms with Crippen molar-refractivity contribution in [3.63, 3.8) is 0 Å². The molecule has 0 aliphatic rings. The quantitative estimate of drug-likeness (QED) is 0.677. The molecule has 0 spiro atoms. The fraction of sp³-hybridized carbons (Fsp3) is 0.176. The molecule has 0 saturated heterocycles. The number of ether oxygens (including phenoxy) is 1. The van der Waals surface area contributed by atoms with E-state index in [0.717, 1.165) is 11.1 Å². The largest absolute Gasteiger partial charge is 0.480 e. The fourth-order valence-electron chi connectivity index (χ4n) is 2.10. The third kappa shape index (κ3) is 3.48. The molecule has 4 nitrogen and oxygen atoms in total. The molecule has 4 heteroatoms. The molecule has 1 atom stereocenters. The Hall–Kier alpha value is -2.62. The number of aliphatic carboxylic acids is 1. The summed E-state index contributed by atoms with van der Waals surface area (Å²) in [6.07, 6.45) is 0. The predicted molar refractivity (Wildman–Crippen MR) is 78.9 cm³/mol. The Morgan fingerprint density at radius 2 is 1.57 bits per heavy atom. The van der Waals surface area contributed by atoms with Gasteiger partial charge in [-0.1, -0.05) is 54.6 Å². The Morgan fingerprint density at radius 3 is 2.10 bits per heavy atom. The fourth-order valence-corrected chi connectivity index (χ4v) is 2.10. The number of esters is 1. The van der Waals surface area contributed by atoms with Crippen molar-refractivity contribution >= 4 is 11.9 Å². The van der Waals surface area contributed by atoms with Gasteiger partial charge in [-0.3, -0.25) is 9.59 Å². The van der Waals surface area contributed by atoms with E-state index in [1.807, 2.05) is 30.3 Å². The molecular formula is C17H16O4. The molecule has 2 aromatic rings. The van der Waals surface area contributed by atoms with E-state index < -0.39 is 17.9 Å². The molecule has 2 aromatic carbocycles. The van der Waals surface area contributed by atoms with E-state index in [1.54, 1.807) is 31.2 Å². The summed E-state index contributed by atoms with van der Waals surface area (Å²) in [5.41, 5.74) is 2.42. The van der Waals surface area contributed by atoms with E-state index in [-0.39, 0.29) is 6.61 Å². The maximum atomic E-state index is 11.7. The van der Waals surface area contributed by atoms with Crippen LogP contribution in [0.15, 0.2) is 54.6 Å². The summed E-state index contributed by atoms with van der Waals surface area (Å²) in [7, 11) is 0. The molecule has 0 aliphatic heterocycles. The third-order valence-corrected chi connectivity index (χ3v) is 3.12. The molecule has 108 valence electrons. The lowest BCUT2D eigenvalue weighted by Crippen LogP contribution is -2.23. The van der Waals surface area contributed by atoms with E-state index in [4.69, 9.17) is 4.74 Å². The topological polar surface area (TPSA) is 63.6 Å². The number of carbonyl (C=O) groups is 2. The number of hydrogen-bond acceptors (Lipinski definition) is 3. The van der Waals surface area contributed by atoms with Crippen LogP contribution in [0.4, 0.5) is 0 Å². The van der Waals surface area contributed by atoms with Crippen molar-refractivity contribution in [3.05, 3.63) is 60.2 Å². The maximum absolute atomic E-state index is 11.7. The van der Waals surface area contributed by atoms with Gasteiger partial charge in [0.2, 0.25) is 0 Å². The first-order valence-electron chi connectivity index (χ1n) is 6.68. The molecule has 1 unspecified atom stereocenters. The molecule has 21 heavy (non-hydrogen) atoms. The molecule has 0 saturated carbocycles. The monoisotopic (exact) mass is 284 g/mol. The smallest absolute Gasteiger partial charge is 0.324 e. The second-order valence-electron chi connectivity index (χ2n) is 4.51. The van der Waals surface area contributed by atoms with Gasteiger partial charge in [-0.25, -0.2) is 0 Å². The number of hydrogen-bond donors (Lipinski definition) is 1. The Bertz CT molecular complexity index is 617. The summed E-state index contributed by atoms with van der Waals surface area (Å²) < 4.78 is 4.81. The van der Waals surface area contributed by atoms with E-state index in [9.17, 15) is 14.7 Å². The van der Waals surface area contributed by atoms with E-state index in [2.05, 4.69) is 0 Å². The van der Waals surface area contributed by atoms with E-state index in [0.29, 0.717) is 5.56 Å². The molecular weight excluding hydrogens is 268 g/mol. The number of carbonyl (C=O) groups excluding carboxylic acids is 1. The van der Waals surface area contributed by atoms with Crippen molar-refractivity contribution in [1.82, 2.24) is 0 Å². The van der Waals surface area contributed by atoms with Crippen molar-refractivity contribution in [2.75, 3.05) is 6.61 Å². The SMILES string of the molecule is CCOC(=O)C(C(=O)O)c1ccc(-c2ccccc2)cc1. The summed E-state index contributed by atoms with van der Waals surface area (Å²) >= 11 is 0. The molecule has 1 N–H and O–H groups in total. The van der Waals surface area contributed by atoms with Gasteiger partial charge in [-0.15, -0.1) is 0 Å². The van der Waals surface area contributed by atoms with Crippen molar-refractivity contribution < 1.29 is 19.4 Å². The minimum atomic E-state index is -1.28. The average Bonchev–Trinajstić information content (AvgIpc) is 2.49. The van der Waals surface area contributed by atoms with Crippen LogP contribution in [0.5, 0.6) is 0 Å². The molecule has 0 fully saturated rings. The standard InChI is InChI=1S/C17H16O4/c1-2-21-17(20)15(16(18)19)14-10-8-13(9-11-14)12-6-4-3-5-7-12/h3-11,15H,2H2,1H3,(H,18,19). The van der Waals surface area contributed by atoms with Crippen LogP contribution in [0.2, 0.25) is 0 Å². The van der Waals surface area contributed by atoms with Gasteiger partial charge in [0.15, 0.2) is 5.92 Å². The van der Waals surface area contributed by atoms with Crippen LogP contribution in [0, 0.1) is 0 Å². The molecule has 0 aromatic heterocycles. The Kier molecular flexibility index (Phi) is 4.72. The number of benzene rings is 2. The van der Waals surface area contributed by atoms with Crippen LogP contribution in [0.3, 0.4) is 0 Å². The van der Waals surface area contributed by atoms with Gasteiger partial charge in [0, 0.05) is 0 Å². The first kappa shape index (κ1) is 14.8. The minimum absolute atomic E-state index is 0.157. The molecule has 0 aliphatic carbocycles. The van der Waals surface area contributed by atoms with Gasteiger partial charge >= 0.3 is 11.9 Å². The Labute approximate surface area is 123 Å². The van der Waals surface area contributed by atoms with Crippen LogP contribution < -0.4 is 0 Å². The van der Waals surface area contributed by atoms with Crippen LogP contribution in [-0.4, -0.2) is 23.7 Å². The Balaban J connectivity index is 2.28. The van der Waals surface area contributed by atoms with Gasteiger partial charge < -0.3 is 9.84 Å². The zero-order valence-corrected chi connectivity index (χ0v) is 11.7. The zero-order valence-electron chi connectivity index (χ0n) is 11.7. The van der Waals surface area contributed by atoms with Crippen LogP contribution in [0.1, 0.15) is 18.4 Å². The van der Waals surface area contributed by atoms with Gasteiger partial charge in [-0.2, -0.15) is 0 Å². The van der Waals surface area contributed by atoms with Crippen molar-refractivity contribution in [2.24, 2.45) is 0 Å². The third-order valence-electron chi connectivity index (χ3n) is 3.12. The highest BCUT2D eigenvalue weighted by Crippen LogP contribution is 2.23. The van der Waals surface area contributed by atoms with Gasteiger partial charge in [0.05, 0.1) is 6.61 Å². The summed E-state index contributed by atoms with van der Waals surface area (Å²) in [5.74, 6) is -3.23. The van der Waals surface area contributed by atoms with E-state index >= 15 is 0 Å². The predicted octanol–water partition coefficient (Wildman–Crippen LogP) is 3.08. The molecule has 0 amide bonds. The van der Waals surface area contributed by atoms with Crippen LogP contribution in [-0.2, 0) is 14.3 Å². The first-order chi connectivity index (χ1) is 10.1. The van der Waals surface area contributed by atoms with Crippen molar-refractivity contribution in [2.45, 2.75) is 12.8 Å². The van der Waals surface area contributed by atoms with Gasteiger partial charge in [-0.05, 0) is 23.6 Å². The van der Waals surface area contributed by atoms with Crippen LogP contribution in [0.25, 0.3) is 11.1 Å². The lowest BCUT2D eigenvalue weighted by molar-refractivity contribution is -0.153. The average molecular weight is 284 g/mol. The minimum Gasteiger partial charge on any atom is -0.480 e. The first-order valence-corrected chi connectivity index (χ1v) is 6.68. The zero-order chi connectivity index (χ0) is 15.2. The van der Waals surface area contributed by atoms with Gasteiger partial charge in [0.1, 0.15) is 0 Å². The summed E-state index contributed by atoms with van der Waals surface area (Å²) in [5, 5.41) is 9.21. The lowest BCUT2D eigenvalue weighted by Gasteiger charge is -2.12. The lowest BCUT2D eigenvalue weighted by atomic mass is 9.96. The summed E-state index contributed by atoms with van der Waals surface area (Å²) in [6, 6.07) is 16.6. The number of carboxylic acids is 1. The highest BCUT2D eigenvalue weighted by atomic mass is 16.5. The normalized spacial score (nSPS) is 11.7. The highest BCUT2D eigenvalue weighted by Gasteiger charge is 2.29. The molecule has 0 heterocycles.